The van der Waals surface area contributed by atoms with Crippen molar-refractivity contribution in [2.45, 2.75) is 32.7 Å². The largest absolute Gasteiger partial charge is 0.351 e. The molecular formula is C14H19NO. The van der Waals surface area contributed by atoms with E-state index in [1.165, 1.54) is 0 Å². The Hall–Kier alpha value is -1.57. The Labute approximate surface area is 97.4 Å². The molecule has 16 heavy (non-hydrogen) atoms. The fraction of sp³-hybridized carbons (Fsp3) is 0.357. The van der Waals surface area contributed by atoms with Gasteiger partial charge >= 0.3 is 0 Å². The van der Waals surface area contributed by atoms with Crippen molar-refractivity contribution in [2.75, 3.05) is 0 Å². The first-order valence-electron chi connectivity index (χ1n) is 5.43. The molecule has 0 saturated heterocycles. The maximum absolute atomic E-state index is 11.7. The van der Waals surface area contributed by atoms with Gasteiger partial charge in [0.2, 0.25) is 5.91 Å². The lowest BCUT2D eigenvalue weighted by Crippen LogP contribution is -2.40. The van der Waals surface area contributed by atoms with Crippen LogP contribution in [0.2, 0.25) is 0 Å². The van der Waals surface area contributed by atoms with E-state index in [1.807, 2.05) is 51.1 Å². The zero-order chi connectivity index (χ0) is 12.2. The highest BCUT2D eigenvalue weighted by molar-refractivity contribution is 5.88. The molecule has 0 unspecified atom stereocenters. The number of benzene rings is 1. The van der Waals surface area contributed by atoms with Crippen LogP contribution in [0.25, 0.3) is 5.57 Å². The average molecular weight is 217 g/mol. The Balaban J connectivity index is 2.56. The van der Waals surface area contributed by atoms with Gasteiger partial charge in [0.05, 0.1) is 6.42 Å². The summed E-state index contributed by atoms with van der Waals surface area (Å²) in [5, 5.41) is 2.92. The quantitative estimate of drug-likeness (QED) is 0.828. The van der Waals surface area contributed by atoms with Crippen molar-refractivity contribution in [3.63, 3.8) is 0 Å². The van der Waals surface area contributed by atoms with Crippen LogP contribution in [-0.2, 0) is 4.79 Å². The van der Waals surface area contributed by atoms with E-state index in [0.29, 0.717) is 6.42 Å². The molecule has 0 aliphatic rings. The molecule has 1 aromatic rings. The fourth-order valence-corrected chi connectivity index (χ4v) is 1.43. The summed E-state index contributed by atoms with van der Waals surface area (Å²) in [6, 6.07) is 9.77. The molecule has 0 saturated carbocycles. The van der Waals surface area contributed by atoms with Crippen molar-refractivity contribution in [3.05, 3.63) is 42.5 Å². The molecule has 0 aromatic heterocycles. The zero-order valence-corrected chi connectivity index (χ0v) is 10.2. The van der Waals surface area contributed by atoms with E-state index < -0.39 is 0 Å². The van der Waals surface area contributed by atoms with Gasteiger partial charge in [-0.2, -0.15) is 0 Å². The predicted molar refractivity (Wildman–Crippen MR) is 68.0 cm³/mol. The van der Waals surface area contributed by atoms with Crippen LogP contribution < -0.4 is 5.32 Å². The van der Waals surface area contributed by atoms with E-state index in [4.69, 9.17) is 0 Å². The summed E-state index contributed by atoms with van der Waals surface area (Å²) < 4.78 is 0. The van der Waals surface area contributed by atoms with Crippen molar-refractivity contribution < 1.29 is 4.79 Å². The van der Waals surface area contributed by atoms with Crippen molar-refractivity contribution in [2.24, 2.45) is 0 Å². The van der Waals surface area contributed by atoms with E-state index in [9.17, 15) is 4.79 Å². The van der Waals surface area contributed by atoms with Gasteiger partial charge in [-0.3, -0.25) is 4.79 Å². The predicted octanol–water partition coefficient (Wildman–Crippen LogP) is 3.00. The van der Waals surface area contributed by atoms with Gasteiger partial charge in [-0.1, -0.05) is 36.9 Å². The molecule has 2 heteroatoms. The number of rotatable bonds is 3. The van der Waals surface area contributed by atoms with Gasteiger partial charge in [-0.05, 0) is 31.9 Å². The molecular weight excluding hydrogens is 198 g/mol. The van der Waals surface area contributed by atoms with Crippen LogP contribution in [0.5, 0.6) is 0 Å². The van der Waals surface area contributed by atoms with Crippen molar-refractivity contribution in [3.8, 4) is 0 Å². The Morgan fingerprint density at radius 1 is 1.25 bits per heavy atom. The summed E-state index contributed by atoms with van der Waals surface area (Å²) in [5.41, 5.74) is 1.68. The van der Waals surface area contributed by atoms with Crippen molar-refractivity contribution >= 4 is 11.5 Å². The van der Waals surface area contributed by atoms with Crippen LogP contribution in [0, 0.1) is 0 Å². The third-order valence-electron chi connectivity index (χ3n) is 2.07. The van der Waals surface area contributed by atoms with Crippen molar-refractivity contribution in [1.82, 2.24) is 5.32 Å². The molecule has 0 bridgehead atoms. The minimum atomic E-state index is -0.186. The molecule has 0 heterocycles. The molecule has 1 N–H and O–H groups in total. The molecule has 0 atom stereocenters. The number of nitrogens with one attached hydrogen (secondary N) is 1. The molecule has 0 spiro atoms. The highest BCUT2D eigenvalue weighted by Gasteiger charge is 2.14. The highest BCUT2D eigenvalue weighted by atomic mass is 16.1. The van der Waals surface area contributed by atoms with Gasteiger partial charge in [0.25, 0.3) is 0 Å². The molecule has 0 aliphatic heterocycles. The number of hydrogen-bond acceptors (Lipinski definition) is 1. The third-order valence-corrected chi connectivity index (χ3v) is 2.07. The SMILES string of the molecule is C=C(CC(=O)NC(C)(C)C)c1ccccc1. The van der Waals surface area contributed by atoms with E-state index in [0.717, 1.165) is 11.1 Å². The lowest BCUT2D eigenvalue weighted by atomic mass is 10.0. The molecule has 1 aromatic carbocycles. The van der Waals surface area contributed by atoms with Crippen LogP contribution in [-0.4, -0.2) is 11.4 Å². The van der Waals surface area contributed by atoms with Crippen LogP contribution in [0.1, 0.15) is 32.8 Å². The van der Waals surface area contributed by atoms with Gasteiger partial charge in [0.15, 0.2) is 0 Å². The number of amides is 1. The Bertz CT molecular complexity index is 373. The van der Waals surface area contributed by atoms with E-state index in [-0.39, 0.29) is 11.4 Å². The lowest BCUT2D eigenvalue weighted by molar-refractivity contribution is -0.121. The number of carbonyl (C=O) groups excluding carboxylic acids is 1. The average Bonchev–Trinajstić information content (AvgIpc) is 2.16. The summed E-state index contributed by atoms with van der Waals surface area (Å²) in [6.45, 7) is 9.84. The molecule has 86 valence electrons. The van der Waals surface area contributed by atoms with Gasteiger partial charge in [-0.25, -0.2) is 0 Å². The lowest BCUT2D eigenvalue weighted by Gasteiger charge is -2.20. The smallest absolute Gasteiger partial charge is 0.224 e. The summed E-state index contributed by atoms with van der Waals surface area (Å²) in [7, 11) is 0. The third kappa shape index (κ3) is 4.30. The maximum Gasteiger partial charge on any atom is 0.224 e. The van der Waals surface area contributed by atoms with E-state index in [1.54, 1.807) is 0 Å². The molecule has 1 rings (SSSR count). The Kier molecular flexibility index (Phi) is 3.88. The fourth-order valence-electron chi connectivity index (χ4n) is 1.43. The summed E-state index contributed by atoms with van der Waals surface area (Å²) in [4.78, 5) is 11.7. The number of carbonyl (C=O) groups is 1. The second-order valence-electron chi connectivity index (χ2n) is 4.94. The topological polar surface area (TPSA) is 29.1 Å². The van der Waals surface area contributed by atoms with Crippen molar-refractivity contribution in [1.29, 1.82) is 0 Å². The minimum absolute atomic E-state index is 0.0151. The van der Waals surface area contributed by atoms with Crippen LogP contribution in [0.4, 0.5) is 0 Å². The molecule has 0 aliphatic carbocycles. The standard InChI is InChI=1S/C14H19NO/c1-11(12-8-6-5-7-9-12)10-13(16)15-14(2,3)4/h5-9H,1,10H2,2-4H3,(H,15,16). The van der Waals surface area contributed by atoms with Gasteiger partial charge in [0, 0.05) is 5.54 Å². The van der Waals surface area contributed by atoms with Gasteiger partial charge < -0.3 is 5.32 Å². The Morgan fingerprint density at radius 2 is 1.81 bits per heavy atom. The highest BCUT2D eigenvalue weighted by Crippen LogP contribution is 2.15. The van der Waals surface area contributed by atoms with Gasteiger partial charge in [-0.15, -0.1) is 0 Å². The summed E-state index contributed by atoms with van der Waals surface area (Å²) in [5.74, 6) is 0.0151. The Morgan fingerprint density at radius 3 is 2.31 bits per heavy atom. The minimum Gasteiger partial charge on any atom is -0.351 e. The molecule has 1 amide bonds. The monoisotopic (exact) mass is 217 g/mol. The van der Waals surface area contributed by atoms with E-state index in [2.05, 4.69) is 11.9 Å². The van der Waals surface area contributed by atoms with Crippen LogP contribution in [0.15, 0.2) is 36.9 Å². The molecule has 2 nitrogen and oxygen atoms in total. The molecule has 0 radical (unpaired) electrons. The van der Waals surface area contributed by atoms with Crippen LogP contribution >= 0.6 is 0 Å². The second kappa shape index (κ2) is 4.97. The zero-order valence-electron chi connectivity index (χ0n) is 10.2. The number of hydrogen-bond donors (Lipinski definition) is 1. The summed E-state index contributed by atoms with van der Waals surface area (Å²) in [6.07, 6.45) is 0.348. The molecule has 0 fully saturated rings. The second-order valence-corrected chi connectivity index (χ2v) is 4.94. The first kappa shape index (κ1) is 12.5. The first-order chi connectivity index (χ1) is 7.38. The first-order valence-corrected chi connectivity index (χ1v) is 5.43. The maximum atomic E-state index is 11.7. The van der Waals surface area contributed by atoms with E-state index >= 15 is 0 Å². The van der Waals surface area contributed by atoms with Crippen LogP contribution in [0.3, 0.4) is 0 Å². The van der Waals surface area contributed by atoms with Gasteiger partial charge in [0.1, 0.15) is 0 Å². The summed E-state index contributed by atoms with van der Waals surface area (Å²) >= 11 is 0. The normalized spacial score (nSPS) is 10.9.